The second-order valence-corrected chi connectivity index (χ2v) is 7.48. The average Bonchev–Trinajstić information content (AvgIpc) is 2.73. The molecule has 0 saturated carbocycles. The molecule has 0 aromatic heterocycles. The molecular formula is C21H17ClN2O8. The summed E-state index contributed by atoms with van der Waals surface area (Å²) in [6.07, 6.45) is 1.18. The standard InChI is InChI=1S/C21H17ClN2O8/c1-2-32-21(27)19-15(11-4-3-5-14(22)6-11)7-12(10-18(19)25)13-8-16(23(28)29)20(26)17(9-13)24(30)31/h3-6,8-10,15,19,26H,2,7H2,1H3. The van der Waals surface area contributed by atoms with Crippen LogP contribution in [0.4, 0.5) is 11.4 Å². The number of aromatic hydroxyl groups is 1. The molecule has 2 aromatic rings. The molecule has 2 aromatic carbocycles. The van der Waals surface area contributed by atoms with E-state index >= 15 is 0 Å². The highest BCUT2D eigenvalue weighted by Gasteiger charge is 2.40. The molecule has 11 heteroatoms. The van der Waals surface area contributed by atoms with E-state index < -0.39 is 50.6 Å². The summed E-state index contributed by atoms with van der Waals surface area (Å²) in [7, 11) is 0. The van der Waals surface area contributed by atoms with Gasteiger partial charge < -0.3 is 9.84 Å². The fourth-order valence-electron chi connectivity index (χ4n) is 3.70. The lowest BCUT2D eigenvalue weighted by Crippen LogP contribution is -2.34. The highest BCUT2D eigenvalue weighted by molar-refractivity contribution is 6.30. The van der Waals surface area contributed by atoms with Gasteiger partial charge in [-0.05, 0) is 48.3 Å². The zero-order valence-corrected chi connectivity index (χ0v) is 17.4. The number of esters is 1. The third-order valence-corrected chi connectivity index (χ3v) is 5.35. The predicted molar refractivity (Wildman–Crippen MR) is 113 cm³/mol. The quantitative estimate of drug-likeness (QED) is 0.292. The van der Waals surface area contributed by atoms with Gasteiger partial charge in [0.1, 0.15) is 5.92 Å². The molecule has 0 spiro atoms. The van der Waals surface area contributed by atoms with E-state index in [1.54, 1.807) is 31.2 Å². The monoisotopic (exact) mass is 460 g/mol. The Hall–Kier alpha value is -3.79. The van der Waals surface area contributed by atoms with Crippen molar-refractivity contribution in [1.82, 2.24) is 0 Å². The van der Waals surface area contributed by atoms with Crippen LogP contribution in [0, 0.1) is 26.1 Å². The van der Waals surface area contributed by atoms with Crippen LogP contribution in [0.15, 0.2) is 42.5 Å². The number of allylic oxidation sites excluding steroid dienone is 2. The van der Waals surface area contributed by atoms with Gasteiger partial charge in [-0.25, -0.2) is 0 Å². The third-order valence-electron chi connectivity index (χ3n) is 5.12. The van der Waals surface area contributed by atoms with Gasteiger partial charge in [0.2, 0.25) is 0 Å². The van der Waals surface area contributed by atoms with Crippen LogP contribution in [-0.4, -0.2) is 33.3 Å². The molecule has 2 atom stereocenters. The fourth-order valence-corrected chi connectivity index (χ4v) is 3.90. The van der Waals surface area contributed by atoms with E-state index in [0.717, 1.165) is 18.2 Å². The van der Waals surface area contributed by atoms with Crippen molar-refractivity contribution in [1.29, 1.82) is 0 Å². The number of ketones is 1. The molecule has 32 heavy (non-hydrogen) atoms. The molecule has 3 rings (SSSR count). The van der Waals surface area contributed by atoms with Crippen molar-refractivity contribution in [2.45, 2.75) is 19.3 Å². The number of nitro groups is 2. The van der Waals surface area contributed by atoms with Gasteiger partial charge in [0, 0.05) is 23.1 Å². The van der Waals surface area contributed by atoms with Crippen molar-refractivity contribution in [3.05, 3.63) is 78.9 Å². The first-order chi connectivity index (χ1) is 15.1. The number of nitro benzene ring substituents is 2. The minimum atomic E-state index is -1.17. The van der Waals surface area contributed by atoms with Gasteiger partial charge in [-0.15, -0.1) is 0 Å². The van der Waals surface area contributed by atoms with Crippen LogP contribution in [0.25, 0.3) is 5.57 Å². The van der Waals surface area contributed by atoms with E-state index in [4.69, 9.17) is 16.3 Å². The van der Waals surface area contributed by atoms with Gasteiger partial charge >= 0.3 is 17.3 Å². The molecular weight excluding hydrogens is 444 g/mol. The van der Waals surface area contributed by atoms with E-state index in [2.05, 4.69) is 0 Å². The molecule has 1 aliphatic rings. The molecule has 10 nitrogen and oxygen atoms in total. The number of nitrogens with zero attached hydrogens (tertiary/aromatic N) is 2. The summed E-state index contributed by atoms with van der Waals surface area (Å²) in [5.74, 6) is -4.29. The van der Waals surface area contributed by atoms with E-state index in [-0.39, 0.29) is 24.2 Å². The number of benzene rings is 2. The average molecular weight is 461 g/mol. The molecule has 1 aliphatic carbocycles. The summed E-state index contributed by atoms with van der Waals surface area (Å²) in [5.41, 5.74) is -0.906. The van der Waals surface area contributed by atoms with E-state index in [1.165, 1.54) is 0 Å². The fraction of sp³-hybridized carbons (Fsp3) is 0.238. The molecule has 166 valence electrons. The zero-order valence-electron chi connectivity index (χ0n) is 16.7. The number of hydrogen-bond donors (Lipinski definition) is 1. The molecule has 0 fully saturated rings. The number of ether oxygens (including phenoxy) is 1. The predicted octanol–water partition coefficient (Wildman–Crippen LogP) is 4.18. The topological polar surface area (TPSA) is 150 Å². The number of carbonyl (C=O) groups excluding carboxylic acids is 2. The summed E-state index contributed by atoms with van der Waals surface area (Å²) in [4.78, 5) is 46.2. The molecule has 0 saturated heterocycles. The number of halogens is 1. The van der Waals surface area contributed by atoms with Crippen LogP contribution in [0.5, 0.6) is 5.75 Å². The number of hydrogen-bond acceptors (Lipinski definition) is 8. The Bertz CT molecular complexity index is 1130. The van der Waals surface area contributed by atoms with E-state index in [0.29, 0.717) is 10.6 Å². The van der Waals surface area contributed by atoms with Crippen LogP contribution >= 0.6 is 11.6 Å². The van der Waals surface area contributed by atoms with Crippen molar-refractivity contribution < 1.29 is 29.3 Å². The van der Waals surface area contributed by atoms with Gasteiger partial charge in [-0.2, -0.15) is 0 Å². The van der Waals surface area contributed by atoms with Crippen molar-refractivity contribution in [3.63, 3.8) is 0 Å². The lowest BCUT2D eigenvalue weighted by Gasteiger charge is -2.29. The normalized spacial score (nSPS) is 18.1. The molecule has 0 amide bonds. The number of phenolic OH excluding ortho intramolecular Hbond substituents is 1. The largest absolute Gasteiger partial charge is 0.497 e. The Labute approximate surface area is 186 Å². The summed E-state index contributed by atoms with van der Waals surface area (Å²) >= 11 is 6.08. The van der Waals surface area contributed by atoms with Gasteiger partial charge in [-0.3, -0.25) is 29.8 Å². The molecule has 1 N–H and O–H groups in total. The SMILES string of the molecule is CCOC(=O)C1C(=O)C=C(c2cc([N+](=O)[O-])c(O)c([N+](=O)[O-])c2)CC1c1cccc(Cl)c1. The van der Waals surface area contributed by atoms with E-state index in [1.807, 2.05) is 0 Å². The Morgan fingerprint density at radius 3 is 2.34 bits per heavy atom. The van der Waals surface area contributed by atoms with Crippen molar-refractivity contribution in [2.24, 2.45) is 5.92 Å². The van der Waals surface area contributed by atoms with Crippen LogP contribution in [0.2, 0.25) is 5.02 Å². The van der Waals surface area contributed by atoms with Crippen molar-refractivity contribution in [2.75, 3.05) is 6.61 Å². The number of phenols is 1. The van der Waals surface area contributed by atoms with Gasteiger partial charge in [0.15, 0.2) is 5.78 Å². The molecule has 0 aliphatic heterocycles. The maximum absolute atomic E-state index is 12.9. The number of carbonyl (C=O) groups is 2. The highest BCUT2D eigenvalue weighted by atomic mass is 35.5. The molecule has 0 bridgehead atoms. The van der Waals surface area contributed by atoms with Crippen LogP contribution < -0.4 is 0 Å². The smallest absolute Gasteiger partial charge is 0.318 e. The lowest BCUT2D eigenvalue weighted by molar-refractivity contribution is -0.396. The first-order valence-electron chi connectivity index (χ1n) is 9.46. The summed E-state index contributed by atoms with van der Waals surface area (Å²) in [6, 6.07) is 8.47. The Kier molecular flexibility index (Phi) is 6.54. The Morgan fingerprint density at radius 2 is 1.81 bits per heavy atom. The minimum absolute atomic E-state index is 0.0175. The zero-order chi connectivity index (χ0) is 23.6. The molecule has 2 unspecified atom stereocenters. The third kappa shape index (κ3) is 4.45. The maximum Gasteiger partial charge on any atom is 0.318 e. The maximum atomic E-state index is 12.9. The van der Waals surface area contributed by atoms with Gasteiger partial charge in [0.05, 0.1) is 16.5 Å². The highest BCUT2D eigenvalue weighted by Crippen LogP contribution is 2.44. The summed E-state index contributed by atoms with van der Waals surface area (Å²) < 4.78 is 5.06. The van der Waals surface area contributed by atoms with Crippen LogP contribution in [0.3, 0.4) is 0 Å². The van der Waals surface area contributed by atoms with Crippen LogP contribution in [-0.2, 0) is 14.3 Å². The number of rotatable bonds is 6. The van der Waals surface area contributed by atoms with Gasteiger partial charge in [0.25, 0.3) is 5.75 Å². The summed E-state index contributed by atoms with van der Waals surface area (Å²) in [6.45, 7) is 1.67. The first-order valence-corrected chi connectivity index (χ1v) is 9.84. The Morgan fingerprint density at radius 1 is 1.19 bits per heavy atom. The van der Waals surface area contributed by atoms with Crippen molar-refractivity contribution >= 4 is 40.3 Å². The molecule has 0 radical (unpaired) electrons. The minimum Gasteiger partial charge on any atom is -0.497 e. The lowest BCUT2D eigenvalue weighted by atomic mass is 9.73. The molecule has 0 heterocycles. The van der Waals surface area contributed by atoms with Crippen molar-refractivity contribution in [3.8, 4) is 5.75 Å². The Balaban J connectivity index is 2.15. The second kappa shape index (κ2) is 9.15. The second-order valence-electron chi connectivity index (χ2n) is 7.04. The summed E-state index contributed by atoms with van der Waals surface area (Å²) in [5, 5.41) is 32.9. The first kappa shape index (κ1) is 22.9. The van der Waals surface area contributed by atoms with Gasteiger partial charge in [-0.1, -0.05) is 23.7 Å². The van der Waals surface area contributed by atoms with E-state index in [9.17, 15) is 34.9 Å². The van der Waals surface area contributed by atoms with Crippen LogP contribution in [0.1, 0.15) is 30.4 Å².